The monoisotopic (exact) mass is 461 g/mol. The molecule has 0 amide bonds. The summed E-state index contributed by atoms with van der Waals surface area (Å²) in [4.78, 5) is 16.1. The molecular weight excluding hydrogens is 441 g/mol. The van der Waals surface area contributed by atoms with Gasteiger partial charge in [0, 0.05) is 71.5 Å². The number of aryl methyl sites for hydroxylation is 1. The molecule has 3 aromatic rings. The molecular formula is C22H21Cl2N3O2S. The van der Waals surface area contributed by atoms with Crippen molar-refractivity contribution in [1.29, 1.82) is 0 Å². The molecule has 2 heterocycles. The maximum absolute atomic E-state index is 11.6. The Morgan fingerprint density at radius 2 is 1.80 bits per heavy atom. The van der Waals surface area contributed by atoms with Crippen LogP contribution in [0.25, 0.3) is 11.0 Å². The fourth-order valence-corrected chi connectivity index (χ4v) is 4.44. The number of fused-ring (bicyclic) bond motifs is 1. The van der Waals surface area contributed by atoms with Crippen molar-refractivity contribution >= 4 is 57.2 Å². The predicted octanol–water partition coefficient (Wildman–Crippen LogP) is 4.92. The third-order valence-electron chi connectivity index (χ3n) is 5.31. The van der Waals surface area contributed by atoms with E-state index in [0.29, 0.717) is 20.7 Å². The molecule has 1 N–H and O–H groups in total. The molecule has 0 aliphatic carbocycles. The van der Waals surface area contributed by atoms with Crippen molar-refractivity contribution in [3.8, 4) is 0 Å². The molecule has 1 saturated heterocycles. The van der Waals surface area contributed by atoms with Gasteiger partial charge in [0.05, 0.1) is 0 Å². The topological polar surface area (TPSA) is 48.7 Å². The van der Waals surface area contributed by atoms with E-state index in [-0.39, 0.29) is 5.63 Å². The van der Waals surface area contributed by atoms with Gasteiger partial charge in [-0.25, -0.2) is 4.79 Å². The summed E-state index contributed by atoms with van der Waals surface area (Å²) in [5, 5.41) is 6.22. The van der Waals surface area contributed by atoms with Gasteiger partial charge in [0.2, 0.25) is 0 Å². The number of hydrogen-bond donors (Lipinski definition) is 1. The van der Waals surface area contributed by atoms with Gasteiger partial charge in [-0.15, -0.1) is 0 Å². The lowest BCUT2D eigenvalue weighted by atomic mass is 10.1. The van der Waals surface area contributed by atoms with Crippen LogP contribution in [0.3, 0.4) is 0 Å². The summed E-state index contributed by atoms with van der Waals surface area (Å²) in [6.07, 6.45) is 0. The van der Waals surface area contributed by atoms with Gasteiger partial charge in [-0.05, 0) is 49.0 Å². The summed E-state index contributed by atoms with van der Waals surface area (Å²) in [6, 6.07) is 12.8. The van der Waals surface area contributed by atoms with Crippen LogP contribution < -0.4 is 10.9 Å². The molecule has 0 unspecified atom stereocenters. The first-order chi connectivity index (χ1) is 14.4. The molecule has 1 aliphatic rings. The zero-order chi connectivity index (χ0) is 21.3. The van der Waals surface area contributed by atoms with Gasteiger partial charge < -0.3 is 14.6 Å². The second-order valence-corrected chi connectivity index (χ2v) is 8.55. The van der Waals surface area contributed by atoms with Gasteiger partial charge in [0.15, 0.2) is 5.11 Å². The summed E-state index contributed by atoms with van der Waals surface area (Å²) in [7, 11) is 0. The summed E-state index contributed by atoms with van der Waals surface area (Å²) in [5.41, 5.74) is 2.85. The van der Waals surface area contributed by atoms with E-state index in [0.717, 1.165) is 54.9 Å². The number of benzene rings is 2. The summed E-state index contributed by atoms with van der Waals surface area (Å²) in [5.74, 6) is 0. The molecule has 1 aliphatic heterocycles. The second-order valence-electron chi connectivity index (χ2n) is 7.35. The molecule has 30 heavy (non-hydrogen) atoms. The van der Waals surface area contributed by atoms with E-state index in [1.54, 1.807) is 0 Å². The standard InChI is InChI=1S/C22H21Cl2N3O2S/c1-14-11-21(28)29-20-12-15(5-6-16(14)20)25-22(30)27-9-7-26(8-10-27)13-17-18(23)3-2-4-19(17)24/h2-6,11-12H,7-10,13H2,1H3,(H,25,30). The van der Waals surface area contributed by atoms with Crippen LogP contribution in [0, 0.1) is 6.92 Å². The first-order valence-corrected chi connectivity index (χ1v) is 10.8. The molecule has 2 aromatic carbocycles. The zero-order valence-electron chi connectivity index (χ0n) is 16.5. The lowest BCUT2D eigenvalue weighted by molar-refractivity contribution is 0.177. The SMILES string of the molecule is Cc1cc(=O)oc2cc(NC(=S)N3CCN(Cc4c(Cl)cccc4Cl)CC3)ccc12. The van der Waals surface area contributed by atoms with E-state index in [1.165, 1.54) is 6.07 Å². The highest BCUT2D eigenvalue weighted by Crippen LogP contribution is 2.26. The third-order valence-corrected chi connectivity index (χ3v) is 6.37. The molecule has 4 rings (SSSR count). The largest absolute Gasteiger partial charge is 0.423 e. The molecule has 1 aromatic heterocycles. The minimum atomic E-state index is -0.352. The van der Waals surface area contributed by atoms with Gasteiger partial charge in [-0.3, -0.25) is 4.90 Å². The number of anilines is 1. The van der Waals surface area contributed by atoms with Crippen LogP contribution >= 0.6 is 35.4 Å². The first kappa shape index (κ1) is 21.1. The van der Waals surface area contributed by atoms with Gasteiger partial charge in [-0.2, -0.15) is 0 Å². The maximum Gasteiger partial charge on any atom is 0.336 e. The molecule has 8 heteroatoms. The lowest BCUT2D eigenvalue weighted by Crippen LogP contribution is -2.49. The Hall–Kier alpha value is -2.12. The Kier molecular flexibility index (Phi) is 6.29. The van der Waals surface area contributed by atoms with Crippen LogP contribution in [0.15, 0.2) is 51.7 Å². The molecule has 0 spiro atoms. The number of nitrogens with zero attached hydrogens (tertiary/aromatic N) is 2. The van der Waals surface area contributed by atoms with Crippen molar-refractivity contribution in [1.82, 2.24) is 9.80 Å². The molecule has 1 fully saturated rings. The van der Waals surface area contributed by atoms with E-state index >= 15 is 0 Å². The van der Waals surface area contributed by atoms with E-state index in [2.05, 4.69) is 15.1 Å². The molecule has 5 nitrogen and oxygen atoms in total. The number of piperazine rings is 1. The average molecular weight is 462 g/mol. The fourth-order valence-electron chi connectivity index (χ4n) is 3.62. The van der Waals surface area contributed by atoms with Crippen LogP contribution in [-0.2, 0) is 6.54 Å². The first-order valence-electron chi connectivity index (χ1n) is 9.66. The van der Waals surface area contributed by atoms with Crippen LogP contribution in [-0.4, -0.2) is 41.1 Å². The number of rotatable bonds is 3. The quantitative estimate of drug-likeness (QED) is 0.441. The molecule has 156 valence electrons. The molecule has 0 atom stereocenters. The smallest absolute Gasteiger partial charge is 0.336 e. The van der Waals surface area contributed by atoms with Crippen molar-refractivity contribution in [2.24, 2.45) is 0 Å². The molecule has 0 saturated carbocycles. The Morgan fingerprint density at radius 1 is 1.10 bits per heavy atom. The lowest BCUT2D eigenvalue weighted by Gasteiger charge is -2.36. The predicted molar refractivity (Wildman–Crippen MR) is 127 cm³/mol. The Morgan fingerprint density at radius 3 is 2.50 bits per heavy atom. The minimum Gasteiger partial charge on any atom is -0.423 e. The van der Waals surface area contributed by atoms with Crippen LogP contribution in [0.5, 0.6) is 0 Å². The van der Waals surface area contributed by atoms with E-state index in [1.807, 2.05) is 43.3 Å². The van der Waals surface area contributed by atoms with Crippen LogP contribution in [0.1, 0.15) is 11.1 Å². The number of halogens is 2. The Balaban J connectivity index is 1.38. The van der Waals surface area contributed by atoms with Gasteiger partial charge in [0.1, 0.15) is 5.58 Å². The summed E-state index contributed by atoms with van der Waals surface area (Å²) < 4.78 is 5.32. The Bertz CT molecular complexity index is 1140. The zero-order valence-corrected chi connectivity index (χ0v) is 18.8. The van der Waals surface area contributed by atoms with Crippen molar-refractivity contribution in [2.45, 2.75) is 13.5 Å². The van der Waals surface area contributed by atoms with Gasteiger partial charge >= 0.3 is 5.63 Å². The fraction of sp³-hybridized carbons (Fsp3) is 0.273. The van der Waals surface area contributed by atoms with Crippen molar-refractivity contribution < 1.29 is 4.42 Å². The highest BCUT2D eigenvalue weighted by Gasteiger charge is 2.20. The second kappa shape index (κ2) is 8.94. The summed E-state index contributed by atoms with van der Waals surface area (Å²) >= 11 is 18.2. The van der Waals surface area contributed by atoms with Gasteiger partial charge in [-0.1, -0.05) is 29.3 Å². The van der Waals surface area contributed by atoms with E-state index in [4.69, 9.17) is 39.8 Å². The highest BCUT2D eigenvalue weighted by atomic mass is 35.5. The average Bonchev–Trinajstić information content (AvgIpc) is 2.71. The number of thiocarbonyl (C=S) groups is 1. The Labute approximate surface area is 190 Å². The molecule has 0 radical (unpaired) electrons. The third kappa shape index (κ3) is 4.62. The number of hydrogen-bond acceptors (Lipinski definition) is 4. The normalized spacial score (nSPS) is 14.8. The number of nitrogens with one attached hydrogen (secondary N) is 1. The van der Waals surface area contributed by atoms with Crippen molar-refractivity contribution in [3.63, 3.8) is 0 Å². The maximum atomic E-state index is 11.6. The van der Waals surface area contributed by atoms with Gasteiger partial charge in [0.25, 0.3) is 0 Å². The highest BCUT2D eigenvalue weighted by molar-refractivity contribution is 7.80. The van der Waals surface area contributed by atoms with E-state index < -0.39 is 0 Å². The summed E-state index contributed by atoms with van der Waals surface area (Å²) in [6.45, 7) is 5.93. The van der Waals surface area contributed by atoms with E-state index in [9.17, 15) is 4.79 Å². The van der Waals surface area contributed by atoms with Crippen LogP contribution in [0.2, 0.25) is 10.0 Å². The molecule has 0 bridgehead atoms. The van der Waals surface area contributed by atoms with Crippen molar-refractivity contribution in [3.05, 3.63) is 74.1 Å². The van der Waals surface area contributed by atoms with Crippen molar-refractivity contribution in [2.75, 3.05) is 31.5 Å². The minimum absolute atomic E-state index is 0.352. The van der Waals surface area contributed by atoms with Crippen LogP contribution in [0.4, 0.5) is 5.69 Å².